The van der Waals surface area contributed by atoms with E-state index in [2.05, 4.69) is 27.0 Å². The number of benzene rings is 2. The van der Waals surface area contributed by atoms with Gasteiger partial charge in [0.15, 0.2) is 6.04 Å². The Balaban J connectivity index is 1.67. The molecule has 0 fully saturated rings. The second-order valence-electron chi connectivity index (χ2n) is 6.96. The number of aromatic nitrogens is 2. The molecular formula is C24H23N3O4. The van der Waals surface area contributed by atoms with Gasteiger partial charge in [0.1, 0.15) is 0 Å². The average Bonchev–Trinajstić information content (AvgIpc) is 3.21. The highest BCUT2D eigenvalue weighted by molar-refractivity contribution is 5.97. The third-order valence-corrected chi connectivity index (χ3v) is 4.72. The number of aliphatic hydroxyl groups is 1. The minimum atomic E-state index is -1.13. The average molecular weight is 417 g/mol. The molecule has 0 aliphatic heterocycles. The van der Waals surface area contributed by atoms with Gasteiger partial charge in [-0.15, -0.1) is 0 Å². The normalized spacial score (nSPS) is 12.3. The highest BCUT2D eigenvalue weighted by Crippen LogP contribution is 2.18. The summed E-state index contributed by atoms with van der Waals surface area (Å²) in [6, 6.07) is 15.4. The summed E-state index contributed by atoms with van der Waals surface area (Å²) in [5.74, 6) is 4.97. The van der Waals surface area contributed by atoms with Crippen molar-refractivity contribution < 1.29 is 19.4 Å². The van der Waals surface area contributed by atoms with E-state index >= 15 is 0 Å². The van der Waals surface area contributed by atoms with Crippen molar-refractivity contribution in [2.75, 3.05) is 7.11 Å². The van der Waals surface area contributed by atoms with Crippen LogP contribution in [-0.4, -0.2) is 46.0 Å². The first kappa shape index (κ1) is 21.8. The molecule has 31 heavy (non-hydrogen) atoms. The standard InChI is InChI=1S/C24H23N3O4/c1-16(28)22(24(30)31-3)26-23(29)20-12-8-18(9-13-20)5-4-17-6-10-19(11-7-17)21-14-15-25-27(21)2/h6-16,22,28H,1-3H3,(H,26,29)/t16-,22+/m1/s1. The van der Waals surface area contributed by atoms with Crippen LogP contribution < -0.4 is 5.32 Å². The summed E-state index contributed by atoms with van der Waals surface area (Å²) in [4.78, 5) is 24.0. The molecule has 0 unspecified atom stereocenters. The maximum absolute atomic E-state index is 12.4. The smallest absolute Gasteiger partial charge is 0.331 e. The first-order valence-electron chi connectivity index (χ1n) is 9.66. The SMILES string of the molecule is COC(=O)[C@@H](NC(=O)c1ccc(C#Cc2ccc(-c3ccnn3C)cc2)cc1)[C@@H](C)O. The number of carbonyl (C=O) groups excluding carboxylic acids is 2. The molecule has 0 aliphatic carbocycles. The van der Waals surface area contributed by atoms with Crippen LogP contribution in [0.25, 0.3) is 11.3 Å². The van der Waals surface area contributed by atoms with Gasteiger partial charge in [-0.05, 0) is 55.0 Å². The van der Waals surface area contributed by atoms with E-state index in [0.717, 1.165) is 22.4 Å². The second kappa shape index (κ2) is 9.74. The van der Waals surface area contributed by atoms with Crippen LogP contribution in [0.4, 0.5) is 0 Å². The van der Waals surface area contributed by atoms with Crippen molar-refractivity contribution in [3.05, 3.63) is 77.5 Å². The second-order valence-corrected chi connectivity index (χ2v) is 6.96. The van der Waals surface area contributed by atoms with Crippen molar-refractivity contribution in [3.63, 3.8) is 0 Å². The molecule has 7 nitrogen and oxygen atoms in total. The maximum Gasteiger partial charge on any atom is 0.331 e. The zero-order valence-electron chi connectivity index (χ0n) is 17.5. The van der Waals surface area contributed by atoms with Gasteiger partial charge in [-0.3, -0.25) is 9.48 Å². The van der Waals surface area contributed by atoms with E-state index in [1.165, 1.54) is 14.0 Å². The molecule has 158 valence electrons. The highest BCUT2D eigenvalue weighted by atomic mass is 16.5. The number of nitrogens with zero attached hydrogens (tertiary/aromatic N) is 2. The molecule has 7 heteroatoms. The van der Waals surface area contributed by atoms with Crippen LogP contribution in [0.15, 0.2) is 60.8 Å². The van der Waals surface area contributed by atoms with Crippen molar-refractivity contribution in [2.24, 2.45) is 7.05 Å². The van der Waals surface area contributed by atoms with E-state index in [0.29, 0.717) is 5.56 Å². The Hall–Kier alpha value is -3.89. The van der Waals surface area contributed by atoms with Crippen molar-refractivity contribution in [1.82, 2.24) is 15.1 Å². The Morgan fingerprint density at radius 1 is 1.03 bits per heavy atom. The lowest BCUT2D eigenvalue weighted by Crippen LogP contribution is -2.48. The fourth-order valence-corrected chi connectivity index (χ4v) is 2.96. The summed E-state index contributed by atoms with van der Waals surface area (Å²) in [7, 11) is 3.09. The molecule has 2 aromatic carbocycles. The summed E-state index contributed by atoms with van der Waals surface area (Å²) in [5, 5.41) is 16.3. The molecule has 0 radical (unpaired) electrons. The molecule has 2 N–H and O–H groups in total. The molecule has 0 saturated heterocycles. The number of aliphatic hydroxyl groups excluding tert-OH is 1. The van der Waals surface area contributed by atoms with Gasteiger partial charge in [-0.1, -0.05) is 24.0 Å². The Morgan fingerprint density at radius 3 is 2.10 bits per heavy atom. The Bertz CT molecular complexity index is 1120. The Morgan fingerprint density at radius 2 is 1.61 bits per heavy atom. The monoisotopic (exact) mass is 417 g/mol. The van der Waals surface area contributed by atoms with E-state index in [-0.39, 0.29) is 0 Å². The molecular weight excluding hydrogens is 394 g/mol. The van der Waals surface area contributed by atoms with Crippen LogP contribution in [0, 0.1) is 11.8 Å². The number of ether oxygens (including phenoxy) is 1. The van der Waals surface area contributed by atoms with Crippen LogP contribution in [0.5, 0.6) is 0 Å². The zero-order valence-corrected chi connectivity index (χ0v) is 17.5. The number of methoxy groups -OCH3 is 1. The van der Waals surface area contributed by atoms with Crippen LogP contribution in [0.1, 0.15) is 28.4 Å². The molecule has 3 rings (SSSR count). The number of hydrogen-bond donors (Lipinski definition) is 2. The molecule has 0 spiro atoms. The summed E-state index contributed by atoms with van der Waals surface area (Å²) < 4.78 is 6.41. The third kappa shape index (κ3) is 5.38. The summed E-state index contributed by atoms with van der Waals surface area (Å²) in [6.07, 6.45) is 0.679. The van der Waals surface area contributed by atoms with Crippen molar-refractivity contribution in [3.8, 4) is 23.1 Å². The van der Waals surface area contributed by atoms with Gasteiger partial charge in [0.05, 0.1) is 18.9 Å². The van der Waals surface area contributed by atoms with Gasteiger partial charge in [-0.2, -0.15) is 5.10 Å². The van der Waals surface area contributed by atoms with Crippen molar-refractivity contribution in [1.29, 1.82) is 0 Å². The number of nitrogens with one attached hydrogen (secondary N) is 1. The quantitative estimate of drug-likeness (QED) is 0.490. The lowest BCUT2D eigenvalue weighted by Gasteiger charge is -2.18. The van der Waals surface area contributed by atoms with Gasteiger partial charge < -0.3 is 15.2 Å². The summed E-state index contributed by atoms with van der Waals surface area (Å²) in [5.41, 5.74) is 4.04. The van der Waals surface area contributed by atoms with E-state index in [1.54, 1.807) is 30.5 Å². The van der Waals surface area contributed by atoms with Gasteiger partial charge >= 0.3 is 5.97 Å². The summed E-state index contributed by atoms with van der Waals surface area (Å²) >= 11 is 0. The van der Waals surface area contributed by atoms with Crippen LogP contribution in [-0.2, 0) is 16.6 Å². The van der Waals surface area contributed by atoms with E-state index in [4.69, 9.17) is 0 Å². The highest BCUT2D eigenvalue weighted by Gasteiger charge is 2.26. The maximum atomic E-state index is 12.4. The number of carbonyl (C=O) groups is 2. The fourth-order valence-electron chi connectivity index (χ4n) is 2.96. The molecule has 0 saturated carbocycles. The molecule has 0 bridgehead atoms. The lowest BCUT2D eigenvalue weighted by atomic mass is 10.1. The zero-order chi connectivity index (χ0) is 22.4. The van der Waals surface area contributed by atoms with E-state index in [9.17, 15) is 14.7 Å². The van der Waals surface area contributed by atoms with E-state index in [1.807, 2.05) is 42.1 Å². The summed E-state index contributed by atoms with van der Waals surface area (Å²) in [6.45, 7) is 1.41. The Kier molecular flexibility index (Phi) is 6.85. The predicted molar refractivity (Wildman–Crippen MR) is 116 cm³/mol. The molecule has 1 heterocycles. The topological polar surface area (TPSA) is 93.5 Å². The number of esters is 1. The Labute approximate surface area is 180 Å². The molecule has 0 aliphatic rings. The van der Waals surface area contributed by atoms with Crippen LogP contribution in [0.2, 0.25) is 0 Å². The van der Waals surface area contributed by atoms with Crippen LogP contribution >= 0.6 is 0 Å². The minimum Gasteiger partial charge on any atom is -0.467 e. The fraction of sp³-hybridized carbons (Fsp3) is 0.208. The first-order valence-corrected chi connectivity index (χ1v) is 9.66. The molecule has 2 atom stereocenters. The largest absolute Gasteiger partial charge is 0.467 e. The molecule has 3 aromatic rings. The van der Waals surface area contributed by atoms with Gasteiger partial charge in [0.25, 0.3) is 5.91 Å². The molecule has 1 aromatic heterocycles. The van der Waals surface area contributed by atoms with Crippen molar-refractivity contribution >= 4 is 11.9 Å². The van der Waals surface area contributed by atoms with E-state index < -0.39 is 24.0 Å². The number of amides is 1. The minimum absolute atomic E-state index is 0.348. The molecule has 1 amide bonds. The number of rotatable bonds is 5. The van der Waals surface area contributed by atoms with Crippen LogP contribution in [0.3, 0.4) is 0 Å². The number of hydrogen-bond acceptors (Lipinski definition) is 5. The third-order valence-electron chi connectivity index (χ3n) is 4.72. The predicted octanol–water partition coefficient (Wildman–Crippen LogP) is 2.14. The van der Waals surface area contributed by atoms with Gasteiger partial charge in [-0.25, -0.2) is 4.79 Å². The first-order chi connectivity index (χ1) is 14.9. The van der Waals surface area contributed by atoms with Gasteiger partial charge in [0, 0.05) is 29.9 Å². The lowest BCUT2D eigenvalue weighted by molar-refractivity contribution is -0.145. The number of aryl methyl sites for hydroxylation is 1. The van der Waals surface area contributed by atoms with Gasteiger partial charge in [0.2, 0.25) is 0 Å². The van der Waals surface area contributed by atoms with Crippen molar-refractivity contribution in [2.45, 2.75) is 19.1 Å².